The van der Waals surface area contributed by atoms with Crippen molar-refractivity contribution in [2.75, 3.05) is 13.2 Å². The summed E-state index contributed by atoms with van der Waals surface area (Å²) in [4.78, 5) is 9.02. The van der Waals surface area contributed by atoms with Crippen LogP contribution in [0.4, 0.5) is 0 Å². The zero-order valence-corrected chi connectivity index (χ0v) is 17.2. The SMILES string of the molecule is CC(Cc1ccc(OCC(C)[P+](=O)O)cc1)NCC(O)c1cccc(Cl)c1. The van der Waals surface area contributed by atoms with Crippen LogP contribution in [0, 0.1) is 0 Å². The highest BCUT2D eigenvalue weighted by atomic mass is 35.5. The molecule has 146 valence electrons. The van der Waals surface area contributed by atoms with Crippen LogP contribution < -0.4 is 10.1 Å². The minimum Gasteiger partial charge on any atom is -0.489 e. The van der Waals surface area contributed by atoms with Gasteiger partial charge in [-0.1, -0.05) is 35.9 Å². The van der Waals surface area contributed by atoms with Gasteiger partial charge in [-0.2, -0.15) is 4.89 Å². The van der Waals surface area contributed by atoms with Crippen molar-refractivity contribution < 1.29 is 19.3 Å². The molecule has 2 aromatic rings. The Balaban J connectivity index is 1.78. The first kappa shape index (κ1) is 21.8. The average Bonchev–Trinajstić information content (AvgIpc) is 2.65. The molecule has 4 atom stereocenters. The first-order valence-corrected chi connectivity index (χ1v) is 10.5. The van der Waals surface area contributed by atoms with Gasteiger partial charge in [0.15, 0.2) is 0 Å². The van der Waals surface area contributed by atoms with Crippen molar-refractivity contribution in [3.05, 3.63) is 64.7 Å². The minimum atomic E-state index is -2.22. The van der Waals surface area contributed by atoms with Gasteiger partial charge in [0.05, 0.1) is 6.10 Å². The van der Waals surface area contributed by atoms with E-state index in [1.807, 2.05) is 36.4 Å². The molecular weight excluding hydrogens is 385 g/mol. The second-order valence-electron chi connectivity index (χ2n) is 6.69. The normalized spacial score (nSPS) is 15.1. The fourth-order valence-corrected chi connectivity index (χ4v) is 2.97. The van der Waals surface area contributed by atoms with Crippen molar-refractivity contribution in [2.45, 2.75) is 38.1 Å². The van der Waals surface area contributed by atoms with E-state index < -0.39 is 19.8 Å². The molecule has 7 heteroatoms. The van der Waals surface area contributed by atoms with E-state index in [2.05, 4.69) is 12.2 Å². The summed E-state index contributed by atoms with van der Waals surface area (Å²) in [6.07, 6.45) is 0.198. The number of halogens is 1. The molecule has 2 aromatic carbocycles. The molecule has 0 saturated heterocycles. The van der Waals surface area contributed by atoms with Gasteiger partial charge in [0.1, 0.15) is 12.4 Å². The van der Waals surface area contributed by atoms with Crippen LogP contribution in [-0.4, -0.2) is 34.9 Å². The lowest BCUT2D eigenvalue weighted by atomic mass is 10.1. The summed E-state index contributed by atoms with van der Waals surface area (Å²) in [7, 11) is -2.22. The molecule has 0 heterocycles. The number of rotatable bonds is 10. The Hall–Kier alpha value is -1.49. The molecule has 0 aliphatic heterocycles. The molecule has 5 nitrogen and oxygen atoms in total. The van der Waals surface area contributed by atoms with E-state index in [-0.39, 0.29) is 12.6 Å². The third-order valence-corrected chi connectivity index (χ3v) is 5.36. The summed E-state index contributed by atoms with van der Waals surface area (Å²) >= 11 is 5.96. The van der Waals surface area contributed by atoms with E-state index in [1.165, 1.54) is 0 Å². The zero-order chi connectivity index (χ0) is 19.8. The molecule has 3 N–H and O–H groups in total. The number of hydrogen-bond donors (Lipinski definition) is 3. The number of aliphatic hydroxyl groups is 1. The average molecular weight is 411 g/mol. The zero-order valence-electron chi connectivity index (χ0n) is 15.5. The molecule has 0 radical (unpaired) electrons. The van der Waals surface area contributed by atoms with Crippen molar-refractivity contribution >= 4 is 19.6 Å². The summed E-state index contributed by atoms with van der Waals surface area (Å²) < 4.78 is 16.5. The third-order valence-electron chi connectivity index (χ3n) is 4.23. The van der Waals surface area contributed by atoms with Gasteiger partial charge >= 0.3 is 8.03 Å². The lowest BCUT2D eigenvalue weighted by Gasteiger charge is -2.18. The summed E-state index contributed by atoms with van der Waals surface area (Å²) in [5.74, 6) is 0.680. The molecule has 0 aliphatic carbocycles. The summed E-state index contributed by atoms with van der Waals surface area (Å²) in [6, 6.07) is 15.1. The fourth-order valence-electron chi connectivity index (χ4n) is 2.57. The maximum Gasteiger partial charge on any atom is 0.512 e. The van der Waals surface area contributed by atoms with E-state index in [1.54, 1.807) is 19.1 Å². The number of aliphatic hydroxyl groups excluding tert-OH is 1. The molecule has 0 amide bonds. The Labute approximate surface area is 166 Å². The van der Waals surface area contributed by atoms with Crippen molar-refractivity contribution in [1.82, 2.24) is 5.32 Å². The van der Waals surface area contributed by atoms with E-state index in [9.17, 15) is 9.67 Å². The van der Waals surface area contributed by atoms with Crippen LogP contribution in [-0.2, 0) is 11.0 Å². The molecule has 0 saturated carbocycles. The van der Waals surface area contributed by atoms with E-state index in [0.717, 1.165) is 17.5 Å². The van der Waals surface area contributed by atoms with Gasteiger partial charge in [0.2, 0.25) is 5.66 Å². The van der Waals surface area contributed by atoms with Gasteiger partial charge in [-0.05, 0) is 60.2 Å². The van der Waals surface area contributed by atoms with Gasteiger partial charge in [-0.15, -0.1) is 0 Å². The standard InChI is InChI=1S/C20H25ClNO4P/c1-14(22-12-20(23)17-4-3-5-18(21)11-17)10-16-6-8-19(9-7-16)26-13-15(2)27(24)25/h3-9,11,14-15,20,22-23H,10,12-13H2,1-2H3/p+1. The molecule has 0 aliphatic rings. The molecule has 0 spiro atoms. The number of nitrogens with one attached hydrogen (secondary N) is 1. The lowest BCUT2D eigenvalue weighted by molar-refractivity contribution is 0.170. The van der Waals surface area contributed by atoms with Crippen LogP contribution >= 0.6 is 19.6 Å². The maximum atomic E-state index is 10.9. The van der Waals surface area contributed by atoms with E-state index in [4.69, 9.17) is 21.2 Å². The summed E-state index contributed by atoms with van der Waals surface area (Å²) in [6.45, 7) is 4.40. The number of benzene rings is 2. The smallest absolute Gasteiger partial charge is 0.489 e. The van der Waals surface area contributed by atoms with Crippen LogP contribution in [0.5, 0.6) is 5.75 Å². The fraction of sp³-hybridized carbons (Fsp3) is 0.400. The van der Waals surface area contributed by atoms with Gasteiger partial charge in [0, 0.05) is 17.6 Å². The highest BCUT2D eigenvalue weighted by Gasteiger charge is 2.23. The Kier molecular flexibility index (Phi) is 8.68. The van der Waals surface area contributed by atoms with E-state index >= 15 is 0 Å². The topological polar surface area (TPSA) is 78.8 Å². The molecule has 2 rings (SSSR count). The Morgan fingerprint density at radius 1 is 1.19 bits per heavy atom. The van der Waals surface area contributed by atoms with Crippen LogP contribution in [0.1, 0.15) is 31.1 Å². The van der Waals surface area contributed by atoms with Gasteiger partial charge in [-0.3, -0.25) is 0 Å². The van der Waals surface area contributed by atoms with Gasteiger partial charge in [-0.25, -0.2) is 0 Å². The second-order valence-corrected chi connectivity index (χ2v) is 8.61. The largest absolute Gasteiger partial charge is 0.512 e. The predicted octanol–water partition coefficient (Wildman–Crippen LogP) is 4.10. The Morgan fingerprint density at radius 3 is 2.52 bits per heavy atom. The molecule has 0 aromatic heterocycles. The van der Waals surface area contributed by atoms with Crippen LogP contribution in [0.2, 0.25) is 5.02 Å². The lowest BCUT2D eigenvalue weighted by Crippen LogP contribution is -2.32. The van der Waals surface area contributed by atoms with E-state index in [0.29, 0.717) is 17.3 Å². The first-order chi connectivity index (χ1) is 12.8. The first-order valence-electron chi connectivity index (χ1n) is 8.89. The van der Waals surface area contributed by atoms with Gasteiger partial charge < -0.3 is 15.2 Å². The highest BCUT2D eigenvalue weighted by Crippen LogP contribution is 2.23. The van der Waals surface area contributed by atoms with Crippen molar-refractivity contribution in [2.24, 2.45) is 0 Å². The number of hydrogen-bond acceptors (Lipinski definition) is 4. The molecular formula is C20H26ClNO4P+. The predicted molar refractivity (Wildman–Crippen MR) is 109 cm³/mol. The molecule has 4 unspecified atom stereocenters. The second kappa shape index (κ2) is 10.7. The van der Waals surface area contributed by atoms with Crippen LogP contribution in [0.25, 0.3) is 0 Å². The number of ether oxygens (including phenoxy) is 1. The monoisotopic (exact) mass is 410 g/mol. The molecule has 0 bridgehead atoms. The summed E-state index contributed by atoms with van der Waals surface area (Å²) in [5, 5.41) is 14.2. The van der Waals surface area contributed by atoms with Gasteiger partial charge in [0.25, 0.3) is 0 Å². The minimum absolute atomic E-state index is 0.184. The highest BCUT2D eigenvalue weighted by molar-refractivity contribution is 7.38. The Morgan fingerprint density at radius 2 is 1.89 bits per heavy atom. The third kappa shape index (κ3) is 7.57. The van der Waals surface area contributed by atoms with Crippen molar-refractivity contribution in [1.29, 1.82) is 0 Å². The quantitative estimate of drug-likeness (QED) is 0.514. The molecule has 27 heavy (non-hydrogen) atoms. The van der Waals surface area contributed by atoms with Crippen molar-refractivity contribution in [3.63, 3.8) is 0 Å². The Bertz CT molecular complexity index is 741. The molecule has 0 fully saturated rings. The summed E-state index contributed by atoms with van der Waals surface area (Å²) in [5.41, 5.74) is 1.54. The maximum absolute atomic E-state index is 10.9. The van der Waals surface area contributed by atoms with Crippen LogP contribution in [0.3, 0.4) is 0 Å². The van der Waals surface area contributed by atoms with Crippen LogP contribution in [0.15, 0.2) is 48.5 Å². The van der Waals surface area contributed by atoms with Crippen molar-refractivity contribution in [3.8, 4) is 5.75 Å².